The van der Waals surface area contributed by atoms with Gasteiger partial charge in [0.25, 0.3) is 5.91 Å². The number of hydrogen-bond acceptors (Lipinski definition) is 4. The number of aliphatic carboxylic acids is 1. The smallest absolute Gasteiger partial charge is 0.326 e. The van der Waals surface area contributed by atoms with E-state index in [9.17, 15) is 18.0 Å². The predicted molar refractivity (Wildman–Crippen MR) is 82.6 cm³/mol. The van der Waals surface area contributed by atoms with Crippen LogP contribution in [0.1, 0.15) is 29.3 Å². The van der Waals surface area contributed by atoms with Crippen molar-refractivity contribution in [1.29, 1.82) is 0 Å². The van der Waals surface area contributed by atoms with Crippen LogP contribution < -0.4 is 5.32 Å². The van der Waals surface area contributed by atoms with Gasteiger partial charge in [-0.1, -0.05) is 18.2 Å². The molecule has 1 aromatic carbocycles. The van der Waals surface area contributed by atoms with Crippen molar-refractivity contribution in [3.63, 3.8) is 0 Å². The number of nitrogens with one attached hydrogen (secondary N) is 1. The number of rotatable bonds is 6. The molecule has 0 aliphatic rings. The summed E-state index contributed by atoms with van der Waals surface area (Å²) in [4.78, 5) is 23.3. The monoisotopic (exact) mass is 325 g/mol. The van der Waals surface area contributed by atoms with E-state index in [1.165, 1.54) is 18.2 Å². The topological polar surface area (TPSA) is 101 Å². The Labute approximate surface area is 129 Å². The summed E-state index contributed by atoms with van der Waals surface area (Å²) >= 11 is 0. The molecule has 1 amide bonds. The highest BCUT2D eigenvalue weighted by Crippen LogP contribution is 2.17. The second kappa shape index (κ2) is 7.22. The van der Waals surface area contributed by atoms with Crippen LogP contribution in [0.5, 0.6) is 0 Å². The molecule has 1 unspecified atom stereocenters. The molecule has 1 rings (SSSR count). The van der Waals surface area contributed by atoms with E-state index in [0.717, 1.165) is 6.26 Å². The molecule has 0 aliphatic heterocycles. The van der Waals surface area contributed by atoms with E-state index in [1.54, 1.807) is 26.0 Å². The van der Waals surface area contributed by atoms with Crippen LogP contribution >= 0.6 is 0 Å². The highest BCUT2D eigenvalue weighted by atomic mass is 32.2. The summed E-state index contributed by atoms with van der Waals surface area (Å²) in [7, 11) is -3.46. The van der Waals surface area contributed by atoms with Gasteiger partial charge in [0.15, 0.2) is 9.84 Å². The van der Waals surface area contributed by atoms with Crippen LogP contribution in [-0.4, -0.2) is 37.7 Å². The SMILES string of the molecule is C/C=C/CC(NC(=O)c1ccc(C)c(S(C)(=O)=O)c1)C(=O)O. The first kappa shape index (κ1) is 17.9. The van der Waals surface area contributed by atoms with Gasteiger partial charge in [-0.05, 0) is 38.0 Å². The maximum absolute atomic E-state index is 12.1. The molecule has 0 bridgehead atoms. The van der Waals surface area contributed by atoms with Crippen molar-refractivity contribution in [1.82, 2.24) is 5.32 Å². The first-order valence-electron chi connectivity index (χ1n) is 6.62. The van der Waals surface area contributed by atoms with Crippen LogP contribution in [0.15, 0.2) is 35.2 Å². The second-order valence-corrected chi connectivity index (χ2v) is 6.91. The van der Waals surface area contributed by atoms with Crippen LogP contribution in [0.25, 0.3) is 0 Å². The predicted octanol–water partition coefficient (Wildman–Crippen LogP) is 1.55. The van der Waals surface area contributed by atoms with Crippen LogP contribution in [0.2, 0.25) is 0 Å². The zero-order valence-electron chi connectivity index (χ0n) is 12.7. The highest BCUT2D eigenvalue weighted by Gasteiger charge is 2.20. The average Bonchev–Trinajstić information content (AvgIpc) is 2.42. The molecule has 6 nitrogen and oxygen atoms in total. The van der Waals surface area contributed by atoms with Gasteiger partial charge in [-0.2, -0.15) is 0 Å². The fraction of sp³-hybridized carbons (Fsp3) is 0.333. The van der Waals surface area contributed by atoms with Gasteiger partial charge in [-0.15, -0.1) is 0 Å². The molecule has 0 saturated heterocycles. The lowest BCUT2D eigenvalue weighted by Crippen LogP contribution is -2.40. The minimum atomic E-state index is -3.46. The van der Waals surface area contributed by atoms with Crippen molar-refractivity contribution in [2.45, 2.75) is 31.2 Å². The summed E-state index contributed by atoms with van der Waals surface area (Å²) < 4.78 is 23.3. The number of carbonyl (C=O) groups is 2. The van der Waals surface area contributed by atoms with Gasteiger partial charge in [0.2, 0.25) is 0 Å². The van der Waals surface area contributed by atoms with Gasteiger partial charge in [-0.3, -0.25) is 4.79 Å². The molecule has 1 atom stereocenters. The first-order chi connectivity index (χ1) is 10.2. The fourth-order valence-corrected chi connectivity index (χ4v) is 2.87. The summed E-state index contributed by atoms with van der Waals surface area (Å²) in [5.74, 6) is -1.77. The van der Waals surface area contributed by atoms with E-state index >= 15 is 0 Å². The molecular weight excluding hydrogens is 306 g/mol. The third kappa shape index (κ3) is 4.70. The molecule has 0 spiro atoms. The van der Waals surface area contributed by atoms with Crippen molar-refractivity contribution in [3.8, 4) is 0 Å². The Morgan fingerprint density at radius 3 is 2.50 bits per heavy atom. The van der Waals surface area contributed by atoms with E-state index in [4.69, 9.17) is 5.11 Å². The first-order valence-corrected chi connectivity index (χ1v) is 8.51. The van der Waals surface area contributed by atoms with Crippen LogP contribution in [0.3, 0.4) is 0 Å². The zero-order chi connectivity index (χ0) is 16.9. The molecule has 0 aliphatic carbocycles. The lowest BCUT2D eigenvalue weighted by molar-refractivity contribution is -0.139. The van der Waals surface area contributed by atoms with E-state index < -0.39 is 27.8 Å². The normalized spacial score (nSPS) is 13.0. The third-order valence-corrected chi connectivity index (χ3v) is 4.30. The molecule has 1 aromatic rings. The average molecular weight is 325 g/mol. The molecule has 7 heteroatoms. The molecule has 0 radical (unpaired) electrons. The second-order valence-electron chi connectivity index (χ2n) is 4.92. The van der Waals surface area contributed by atoms with Gasteiger partial charge in [0.05, 0.1) is 4.90 Å². The Balaban J connectivity index is 3.05. The van der Waals surface area contributed by atoms with Crippen molar-refractivity contribution >= 4 is 21.7 Å². The Hall–Kier alpha value is -2.15. The Kier molecular flexibility index (Phi) is 5.87. The van der Waals surface area contributed by atoms with Gasteiger partial charge in [0.1, 0.15) is 6.04 Å². The van der Waals surface area contributed by atoms with Crippen LogP contribution in [0, 0.1) is 6.92 Å². The summed E-state index contributed by atoms with van der Waals surface area (Å²) in [6.07, 6.45) is 4.54. The molecule has 0 aromatic heterocycles. The van der Waals surface area contributed by atoms with Gasteiger partial charge in [0, 0.05) is 11.8 Å². The zero-order valence-corrected chi connectivity index (χ0v) is 13.5. The molecule has 0 heterocycles. The number of sulfone groups is 1. The summed E-state index contributed by atoms with van der Waals surface area (Å²) in [5.41, 5.74) is 0.639. The fourth-order valence-electron chi connectivity index (χ4n) is 1.88. The van der Waals surface area contributed by atoms with Crippen molar-refractivity contribution in [2.75, 3.05) is 6.26 Å². The minimum Gasteiger partial charge on any atom is -0.480 e. The Bertz CT molecular complexity index is 707. The molecule has 0 fully saturated rings. The molecule has 2 N–H and O–H groups in total. The van der Waals surface area contributed by atoms with Crippen LogP contribution in [0.4, 0.5) is 0 Å². The molecule has 22 heavy (non-hydrogen) atoms. The summed E-state index contributed by atoms with van der Waals surface area (Å²) in [6, 6.07) is 3.18. The maximum atomic E-state index is 12.1. The Morgan fingerprint density at radius 2 is 2.00 bits per heavy atom. The van der Waals surface area contributed by atoms with E-state index in [-0.39, 0.29) is 16.9 Å². The lowest BCUT2D eigenvalue weighted by Gasteiger charge is -2.13. The van der Waals surface area contributed by atoms with Crippen LogP contribution in [-0.2, 0) is 14.6 Å². The molecular formula is C15H19NO5S. The highest BCUT2D eigenvalue weighted by molar-refractivity contribution is 7.90. The van der Waals surface area contributed by atoms with Crippen molar-refractivity contribution in [3.05, 3.63) is 41.5 Å². The minimum absolute atomic E-state index is 0.0560. The Morgan fingerprint density at radius 1 is 1.36 bits per heavy atom. The molecule has 0 saturated carbocycles. The quantitative estimate of drug-likeness (QED) is 0.773. The van der Waals surface area contributed by atoms with E-state index in [2.05, 4.69) is 5.32 Å². The number of carbonyl (C=O) groups excluding carboxylic acids is 1. The van der Waals surface area contributed by atoms with Gasteiger partial charge >= 0.3 is 5.97 Å². The number of benzene rings is 1. The third-order valence-electron chi connectivity index (χ3n) is 3.06. The number of carboxylic acids is 1. The molecule has 120 valence electrons. The maximum Gasteiger partial charge on any atom is 0.326 e. The summed E-state index contributed by atoms with van der Waals surface area (Å²) in [6.45, 7) is 3.38. The number of amides is 1. The number of hydrogen-bond donors (Lipinski definition) is 2. The number of aryl methyl sites for hydroxylation is 1. The lowest BCUT2D eigenvalue weighted by atomic mass is 10.1. The summed E-state index contributed by atoms with van der Waals surface area (Å²) in [5, 5.41) is 11.5. The number of allylic oxidation sites excluding steroid dienone is 1. The number of carboxylic acid groups (broad SMARTS) is 1. The van der Waals surface area contributed by atoms with Gasteiger partial charge in [-0.25, -0.2) is 13.2 Å². The van der Waals surface area contributed by atoms with Crippen molar-refractivity contribution < 1.29 is 23.1 Å². The standard InChI is InChI=1S/C15H19NO5S/c1-4-5-6-12(15(18)19)16-14(17)11-8-7-10(2)13(9-11)22(3,20)21/h4-5,7-9,12H,6H2,1-3H3,(H,16,17)(H,18,19)/b5-4+. The largest absolute Gasteiger partial charge is 0.480 e. The van der Waals surface area contributed by atoms with Gasteiger partial charge < -0.3 is 10.4 Å². The van der Waals surface area contributed by atoms with E-state index in [0.29, 0.717) is 5.56 Å². The van der Waals surface area contributed by atoms with Crippen molar-refractivity contribution in [2.24, 2.45) is 0 Å². The van der Waals surface area contributed by atoms with E-state index in [1.807, 2.05) is 0 Å².